The Labute approximate surface area is 170 Å². The van der Waals surface area contributed by atoms with Gasteiger partial charge in [-0.1, -0.05) is 52.0 Å². The van der Waals surface area contributed by atoms with Crippen LogP contribution in [0.3, 0.4) is 0 Å². The summed E-state index contributed by atoms with van der Waals surface area (Å²) in [6.45, 7) is 8.41. The molecule has 0 spiro atoms. The van der Waals surface area contributed by atoms with Crippen LogP contribution in [0.2, 0.25) is 0 Å². The minimum absolute atomic E-state index is 0.119. The minimum Gasteiger partial charge on any atom is -0.368 e. The third-order valence-electron chi connectivity index (χ3n) is 4.79. The van der Waals surface area contributed by atoms with Gasteiger partial charge in [-0.05, 0) is 40.7 Å². The molecule has 0 radical (unpaired) electrons. The topological polar surface area (TPSA) is 87.8 Å². The van der Waals surface area contributed by atoms with Gasteiger partial charge in [-0.3, -0.25) is 0 Å². The van der Waals surface area contributed by atoms with Gasteiger partial charge in [0.1, 0.15) is 16.8 Å². The molecule has 1 unspecified atom stereocenters. The van der Waals surface area contributed by atoms with Crippen LogP contribution in [0, 0.1) is 5.82 Å². The van der Waals surface area contributed by atoms with E-state index in [-0.39, 0.29) is 17.9 Å². The van der Waals surface area contributed by atoms with Crippen molar-refractivity contribution in [2.45, 2.75) is 50.5 Å². The maximum absolute atomic E-state index is 14.2. The zero-order valence-electron chi connectivity index (χ0n) is 16.8. The summed E-state index contributed by atoms with van der Waals surface area (Å²) in [5.41, 5.74) is 2.91. The van der Waals surface area contributed by atoms with Gasteiger partial charge in [0.2, 0.25) is 0 Å². The molecular weight excluding hydrogens is 395 g/mol. The summed E-state index contributed by atoms with van der Waals surface area (Å²) in [5.74, 6) is -0.693. The fourth-order valence-electron chi connectivity index (χ4n) is 3.18. The van der Waals surface area contributed by atoms with Crippen LogP contribution < -0.4 is 10.0 Å². The van der Waals surface area contributed by atoms with Gasteiger partial charge in [0, 0.05) is 5.69 Å². The maximum atomic E-state index is 14.2. The Bertz CT molecular complexity index is 1000. The highest BCUT2D eigenvalue weighted by Gasteiger charge is 2.29. The van der Waals surface area contributed by atoms with Crippen molar-refractivity contribution in [3.05, 3.63) is 58.9 Å². The number of amides is 2. The van der Waals surface area contributed by atoms with Gasteiger partial charge in [0.25, 0.3) is 10.0 Å². The first-order valence-corrected chi connectivity index (χ1v) is 11.0. The fourth-order valence-corrected chi connectivity index (χ4v) is 4.20. The number of nitrogens with one attached hydrogen (secondary N) is 2. The fraction of sp³-hybridized carbons (Fsp3) is 0.381. The minimum atomic E-state index is -4.40. The highest BCUT2D eigenvalue weighted by Crippen LogP contribution is 2.33. The highest BCUT2D eigenvalue weighted by atomic mass is 32.2. The second-order valence-electron chi connectivity index (χ2n) is 7.69. The number of urea groups is 1. The lowest BCUT2D eigenvalue weighted by Gasteiger charge is -2.20. The number of para-hydroxylation sites is 1. The number of ether oxygens (including phenoxy) is 1. The number of benzene rings is 2. The third kappa shape index (κ3) is 4.76. The zero-order chi connectivity index (χ0) is 21.3. The van der Waals surface area contributed by atoms with E-state index < -0.39 is 26.8 Å². The van der Waals surface area contributed by atoms with Crippen molar-refractivity contribution in [3.63, 3.8) is 0 Å². The van der Waals surface area contributed by atoms with E-state index in [0.717, 1.165) is 17.2 Å². The molecule has 6 nitrogen and oxygen atoms in total. The highest BCUT2D eigenvalue weighted by molar-refractivity contribution is 7.90. The van der Waals surface area contributed by atoms with Crippen LogP contribution in [0.15, 0.2) is 41.3 Å². The molecule has 2 aromatic carbocycles. The molecular formula is C21H25FN2O4S. The van der Waals surface area contributed by atoms with E-state index in [1.807, 2.05) is 50.6 Å². The molecule has 29 heavy (non-hydrogen) atoms. The van der Waals surface area contributed by atoms with Crippen molar-refractivity contribution >= 4 is 21.7 Å². The normalized spacial score (nSPS) is 16.2. The summed E-state index contributed by atoms with van der Waals surface area (Å²) in [5, 5.41) is 2.66. The van der Waals surface area contributed by atoms with E-state index in [0.29, 0.717) is 17.9 Å². The van der Waals surface area contributed by atoms with Gasteiger partial charge in [0.15, 0.2) is 0 Å². The van der Waals surface area contributed by atoms with Gasteiger partial charge >= 0.3 is 6.03 Å². The van der Waals surface area contributed by atoms with Crippen molar-refractivity contribution < 1.29 is 22.3 Å². The molecule has 2 N–H and O–H groups in total. The largest absolute Gasteiger partial charge is 0.368 e. The Morgan fingerprint density at radius 1 is 1.10 bits per heavy atom. The van der Waals surface area contributed by atoms with E-state index in [2.05, 4.69) is 5.32 Å². The number of rotatable bonds is 6. The Balaban J connectivity index is 1.87. The average Bonchev–Trinajstić information content (AvgIpc) is 3.46. The summed E-state index contributed by atoms with van der Waals surface area (Å²) in [6, 6.07) is 8.48. The van der Waals surface area contributed by atoms with Gasteiger partial charge in [-0.15, -0.1) is 0 Å². The summed E-state index contributed by atoms with van der Waals surface area (Å²) >= 11 is 0. The quantitative estimate of drug-likeness (QED) is 0.666. The molecule has 0 saturated carbocycles. The summed E-state index contributed by atoms with van der Waals surface area (Å²) < 4.78 is 46.5. The van der Waals surface area contributed by atoms with Gasteiger partial charge < -0.3 is 10.1 Å². The summed E-state index contributed by atoms with van der Waals surface area (Å²) in [7, 11) is -4.40. The van der Waals surface area contributed by atoms with Crippen LogP contribution in [0.4, 0.5) is 14.9 Å². The van der Waals surface area contributed by atoms with Crippen LogP contribution in [-0.2, 0) is 14.8 Å². The van der Waals surface area contributed by atoms with Crippen LogP contribution in [0.5, 0.6) is 0 Å². The molecule has 0 aliphatic carbocycles. The van der Waals surface area contributed by atoms with Crippen LogP contribution in [-0.4, -0.2) is 21.1 Å². The molecule has 1 fully saturated rings. The Morgan fingerprint density at radius 2 is 1.69 bits per heavy atom. The predicted octanol–water partition coefficient (Wildman–Crippen LogP) is 4.65. The lowest BCUT2D eigenvalue weighted by atomic mass is 9.93. The standard InChI is InChI=1S/C21H25FN2O4S/c1-12(2)15-6-5-7-16(13(3)4)20(15)23-21(25)24-29(26,27)19-10-14(18-11-28-18)8-9-17(19)22/h5-10,12-13,18H,11H2,1-4H3,(H2,23,24,25). The second kappa shape index (κ2) is 8.12. The first kappa shape index (κ1) is 21.3. The molecule has 1 saturated heterocycles. The van der Waals surface area contributed by atoms with E-state index in [1.54, 1.807) is 0 Å². The van der Waals surface area contributed by atoms with E-state index >= 15 is 0 Å². The van der Waals surface area contributed by atoms with Crippen molar-refractivity contribution in [1.82, 2.24) is 4.72 Å². The SMILES string of the molecule is CC(C)c1cccc(C(C)C)c1NC(=O)NS(=O)(=O)c1cc(C2CO2)ccc1F. The number of hydrogen-bond acceptors (Lipinski definition) is 4. The molecule has 2 aromatic rings. The van der Waals surface area contributed by atoms with E-state index in [1.165, 1.54) is 12.1 Å². The number of anilines is 1. The predicted molar refractivity (Wildman–Crippen MR) is 109 cm³/mol. The third-order valence-corrected chi connectivity index (χ3v) is 6.13. The molecule has 0 aromatic heterocycles. The Morgan fingerprint density at radius 3 is 2.21 bits per heavy atom. The summed E-state index contributed by atoms with van der Waals surface area (Å²) in [4.78, 5) is 12.0. The van der Waals surface area contributed by atoms with Gasteiger partial charge in [0.05, 0.1) is 6.61 Å². The van der Waals surface area contributed by atoms with Crippen molar-refractivity contribution in [2.24, 2.45) is 0 Å². The number of hydrogen-bond donors (Lipinski definition) is 2. The van der Waals surface area contributed by atoms with Crippen LogP contribution >= 0.6 is 0 Å². The molecule has 8 heteroatoms. The number of epoxide rings is 1. The number of carbonyl (C=O) groups excluding carboxylic acids is 1. The first-order chi connectivity index (χ1) is 13.6. The van der Waals surface area contributed by atoms with Crippen molar-refractivity contribution in [1.29, 1.82) is 0 Å². The van der Waals surface area contributed by atoms with E-state index in [9.17, 15) is 17.6 Å². The molecule has 1 heterocycles. The number of sulfonamides is 1. The molecule has 0 bridgehead atoms. The Kier molecular flexibility index (Phi) is 5.95. The maximum Gasteiger partial charge on any atom is 0.333 e. The van der Waals surface area contributed by atoms with Crippen molar-refractivity contribution in [2.75, 3.05) is 11.9 Å². The molecule has 1 aliphatic heterocycles. The van der Waals surface area contributed by atoms with Crippen LogP contribution in [0.25, 0.3) is 0 Å². The number of carbonyl (C=O) groups is 1. The lowest BCUT2D eigenvalue weighted by molar-refractivity contribution is 0.256. The molecule has 2 amide bonds. The van der Waals surface area contributed by atoms with Gasteiger partial charge in [-0.2, -0.15) is 0 Å². The lowest BCUT2D eigenvalue weighted by Crippen LogP contribution is -2.35. The molecule has 1 atom stereocenters. The molecule has 1 aliphatic rings. The monoisotopic (exact) mass is 420 g/mol. The Hall–Kier alpha value is -2.45. The van der Waals surface area contributed by atoms with Crippen molar-refractivity contribution in [3.8, 4) is 0 Å². The van der Waals surface area contributed by atoms with Crippen LogP contribution in [0.1, 0.15) is 62.3 Å². The smallest absolute Gasteiger partial charge is 0.333 e. The molecule has 3 rings (SSSR count). The van der Waals surface area contributed by atoms with Gasteiger partial charge in [-0.25, -0.2) is 22.3 Å². The first-order valence-electron chi connectivity index (χ1n) is 9.47. The average molecular weight is 421 g/mol. The molecule has 156 valence electrons. The second-order valence-corrected chi connectivity index (χ2v) is 9.34. The number of halogens is 1. The summed E-state index contributed by atoms with van der Waals surface area (Å²) in [6.07, 6.45) is -0.232. The van der Waals surface area contributed by atoms with E-state index in [4.69, 9.17) is 4.74 Å². The zero-order valence-corrected chi connectivity index (χ0v) is 17.6.